The van der Waals surface area contributed by atoms with Gasteiger partial charge in [0.25, 0.3) is 0 Å². The highest BCUT2D eigenvalue weighted by Gasteiger charge is 2.42. The third-order valence-corrected chi connectivity index (χ3v) is 6.60. The lowest BCUT2D eigenvalue weighted by molar-refractivity contribution is 0.0408. The molecule has 1 saturated heterocycles. The number of benzene rings is 2. The van der Waals surface area contributed by atoms with Crippen LogP contribution < -0.4 is 5.32 Å². The molecule has 2 fully saturated rings. The molecular weight excluding hydrogens is 393 g/mol. The highest BCUT2D eigenvalue weighted by atomic mass is 19.1. The minimum Gasteiger partial charge on any atom is -0.445 e. The van der Waals surface area contributed by atoms with E-state index in [-0.39, 0.29) is 12.7 Å². The summed E-state index contributed by atoms with van der Waals surface area (Å²) in [5, 5.41) is 4.65. The Morgan fingerprint density at radius 1 is 1.16 bits per heavy atom. The molecule has 2 atom stereocenters. The first-order chi connectivity index (χ1) is 15.1. The molecule has 0 radical (unpaired) electrons. The van der Waals surface area contributed by atoms with Gasteiger partial charge in [0.2, 0.25) is 0 Å². The Kier molecular flexibility index (Phi) is 5.40. The standard InChI is InChI=1S/C25H28FN3O2/c26-25(9-12-29(13-10-25)24(30)31-16-18-4-2-1-3-5-18)17-28-23-15-21(23)19-6-7-22-20(14-19)8-11-27-22/h1-8,11,14,21,23,27-28H,9-10,12-13,15-17H2/t21-,23+/m0/s1. The molecule has 1 amide bonds. The fourth-order valence-electron chi connectivity index (χ4n) is 4.48. The van der Waals surface area contributed by atoms with E-state index >= 15 is 4.39 Å². The number of rotatable bonds is 6. The molecule has 1 aromatic heterocycles. The molecule has 0 bridgehead atoms. The minimum absolute atomic E-state index is 0.246. The molecule has 3 aromatic rings. The van der Waals surface area contributed by atoms with E-state index in [1.165, 1.54) is 10.9 Å². The van der Waals surface area contributed by atoms with Crippen LogP contribution in [0.15, 0.2) is 60.8 Å². The van der Waals surface area contributed by atoms with Crippen LogP contribution in [-0.4, -0.2) is 47.3 Å². The molecule has 0 spiro atoms. The number of hydrogen-bond acceptors (Lipinski definition) is 3. The predicted molar refractivity (Wildman–Crippen MR) is 119 cm³/mol. The van der Waals surface area contributed by atoms with Crippen LogP contribution in [0.5, 0.6) is 0 Å². The smallest absolute Gasteiger partial charge is 0.410 e. The number of hydrogen-bond donors (Lipinski definition) is 2. The number of carbonyl (C=O) groups is 1. The van der Waals surface area contributed by atoms with Crippen molar-refractivity contribution < 1.29 is 13.9 Å². The van der Waals surface area contributed by atoms with E-state index in [2.05, 4.69) is 34.6 Å². The Hall–Kier alpha value is -2.86. The van der Waals surface area contributed by atoms with Gasteiger partial charge in [0.1, 0.15) is 12.3 Å². The van der Waals surface area contributed by atoms with Crippen molar-refractivity contribution in [3.8, 4) is 0 Å². The van der Waals surface area contributed by atoms with E-state index in [9.17, 15) is 4.79 Å². The van der Waals surface area contributed by atoms with Crippen molar-refractivity contribution in [2.75, 3.05) is 19.6 Å². The van der Waals surface area contributed by atoms with Crippen molar-refractivity contribution in [3.05, 3.63) is 71.9 Å². The Morgan fingerprint density at radius 2 is 1.97 bits per heavy atom. The summed E-state index contributed by atoms with van der Waals surface area (Å²) in [6.45, 7) is 1.37. The van der Waals surface area contributed by atoms with Gasteiger partial charge in [-0.15, -0.1) is 0 Å². The van der Waals surface area contributed by atoms with Crippen LogP contribution in [0.1, 0.15) is 36.3 Å². The van der Waals surface area contributed by atoms with Crippen LogP contribution in [-0.2, 0) is 11.3 Å². The molecule has 2 aromatic carbocycles. The third-order valence-electron chi connectivity index (χ3n) is 6.60. The van der Waals surface area contributed by atoms with E-state index in [0.717, 1.165) is 17.5 Å². The number of fused-ring (bicyclic) bond motifs is 1. The summed E-state index contributed by atoms with van der Waals surface area (Å²) in [7, 11) is 0. The first-order valence-electron chi connectivity index (χ1n) is 11.0. The quantitative estimate of drug-likeness (QED) is 0.604. The second-order valence-electron chi connectivity index (χ2n) is 8.83. The molecule has 162 valence electrons. The van der Waals surface area contributed by atoms with Gasteiger partial charge >= 0.3 is 6.09 Å². The van der Waals surface area contributed by atoms with Gasteiger partial charge in [-0.2, -0.15) is 0 Å². The fourth-order valence-corrected chi connectivity index (χ4v) is 4.48. The molecule has 1 aliphatic heterocycles. The van der Waals surface area contributed by atoms with Crippen LogP contribution in [0.4, 0.5) is 9.18 Å². The lowest BCUT2D eigenvalue weighted by Crippen LogP contribution is -2.49. The monoisotopic (exact) mass is 421 g/mol. The summed E-state index contributed by atoms with van der Waals surface area (Å²) in [6.07, 6.45) is 3.32. The number of nitrogens with one attached hydrogen (secondary N) is 2. The normalized spacial score (nSPS) is 22.4. The molecule has 1 aliphatic carbocycles. The van der Waals surface area contributed by atoms with Gasteiger partial charge in [-0.25, -0.2) is 9.18 Å². The Bertz CT molecular complexity index is 1040. The van der Waals surface area contributed by atoms with Gasteiger partial charge in [0.15, 0.2) is 0 Å². The zero-order valence-corrected chi connectivity index (χ0v) is 17.5. The zero-order valence-electron chi connectivity index (χ0n) is 17.5. The van der Waals surface area contributed by atoms with E-state index in [1.807, 2.05) is 36.5 Å². The minimum atomic E-state index is -1.27. The topological polar surface area (TPSA) is 57.4 Å². The Balaban J connectivity index is 1.06. The third kappa shape index (κ3) is 4.59. The van der Waals surface area contributed by atoms with Crippen LogP contribution in [0.25, 0.3) is 10.9 Å². The molecule has 1 saturated carbocycles. The zero-order chi connectivity index (χ0) is 21.3. The molecule has 0 unspecified atom stereocenters. The maximum absolute atomic E-state index is 15.3. The highest BCUT2D eigenvalue weighted by molar-refractivity contribution is 5.80. The molecule has 6 heteroatoms. The van der Waals surface area contributed by atoms with Crippen molar-refractivity contribution in [2.24, 2.45) is 0 Å². The first-order valence-corrected chi connectivity index (χ1v) is 11.0. The second-order valence-corrected chi connectivity index (χ2v) is 8.83. The van der Waals surface area contributed by atoms with Gasteiger partial charge in [-0.1, -0.05) is 36.4 Å². The number of amides is 1. The van der Waals surface area contributed by atoms with Gasteiger partial charge in [0, 0.05) is 56.1 Å². The first kappa shape index (κ1) is 20.1. The van der Waals surface area contributed by atoms with Crippen LogP contribution in [0.3, 0.4) is 0 Å². The SMILES string of the molecule is O=C(OCc1ccccc1)N1CCC(F)(CN[C@@H]2C[C@H]2c2ccc3[nH]ccc3c2)CC1. The number of H-pyrrole nitrogens is 1. The van der Waals surface area contributed by atoms with Gasteiger partial charge < -0.3 is 19.9 Å². The Morgan fingerprint density at radius 3 is 2.77 bits per heavy atom. The van der Waals surface area contributed by atoms with E-state index in [4.69, 9.17) is 4.74 Å². The van der Waals surface area contributed by atoms with Crippen molar-refractivity contribution in [3.63, 3.8) is 0 Å². The summed E-state index contributed by atoms with van der Waals surface area (Å²) < 4.78 is 20.7. The number of nitrogens with zero attached hydrogens (tertiary/aromatic N) is 1. The number of piperidine rings is 1. The number of aromatic nitrogens is 1. The van der Waals surface area contributed by atoms with Gasteiger partial charge in [-0.05, 0) is 41.1 Å². The summed E-state index contributed by atoms with van der Waals surface area (Å²) in [4.78, 5) is 17.1. The maximum atomic E-state index is 15.3. The van der Waals surface area contributed by atoms with E-state index in [1.54, 1.807) is 4.90 Å². The largest absolute Gasteiger partial charge is 0.445 e. The lowest BCUT2D eigenvalue weighted by atomic mass is 9.93. The molecular formula is C25H28FN3O2. The molecule has 2 heterocycles. The number of alkyl halides is 1. The number of ether oxygens (including phenoxy) is 1. The Labute approximate surface area is 181 Å². The van der Waals surface area contributed by atoms with Gasteiger partial charge in [-0.3, -0.25) is 0 Å². The molecule has 2 N–H and O–H groups in total. The molecule has 5 rings (SSSR count). The van der Waals surface area contributed by atoms with Crippen molar-refractivity contribution in [1.29, 1.82) is 0 Å². The molecule has 31 heavy (non-hydrogen) atoms. The van der Waals surface area contributed by atoms with E-state index < -0.39 is 5.67 Å². The summed E-state index contributed by atoms with van der Waals surface area (Å²) >= 11 is 0. The number of likely N-dealkylation sites (tertiary alicyclic amines) is 1. The molecule has 2 aliphatic rings. The number of aromatic amines is 1. The van der Waals surface area contributed by atoms with Gasteiger partial charge in [0.05, 0.1) is 0 Å². The maximum Gasteiger partial charge on any atom is 0.410 e. The number of carbonyl (C=O) groups excluding carboxylic acids is 1. The van der Waals surface area contributed by atoms with Crippen molar-refractivity contribution in [2.45, 2.75) is 43.5 Å². The average molecular weight is 422 g/mol. The predicted octanol–water partition coefficient (Wildman–Crippen LogP) is 4.75. The van der Waals surface area contributed by atoms with Crippen LogP contribution in [0.2, 0.25) is 0 Å². The van der Waals surface area contributed by atoms with E-state index in [0.29, 0.717) is 44.4 Å². The van der Waals surface area contributed by atoms with Crippen LogP contribution >= 0.6 is 0 Å². The van der Waals surface area contributed by atoms with Crippen molar-refractivity contribution >= 4 is 17.0 Å². The average Bonchev–Trinajstić information content (AvgIpc) is 3.43. The lowest BCUT2D eigenvalue weighted by Gasteiger charge is -2.36. The summed E-state index contributed by atoms with van der Waals surface area (Å²) in [5.74, 6) is 0.455. The second kappa shape index (κ2) is 8.35. The van der Waals surface area contributed by atoms with Crippen molar-refractivity contribution in [1.82, 2.24) is 15.2 Å². The molecule has 5 nitrogen and oxygen atoms in total. The fraction of sp³-hybridized carbons (Fsp3) is 0.400. The van der Waals surface area contributed by atoms with Crippen LogP contribution in [0, 0.1) is 0 Å². The summed E-state index contributed by atoms with van der Waals surface area (Å²) in [6, 6.07) is 18.5. The summed E-state index contributed by atoms with van der Waals surface area (Å²) in [5.41, 5.74) is 2.14. The number of halogens is 1. The highest BCUT2D eigenvalue weighted by Crippen LogP contribution is 2.42.